The third-order valence-electron chi connectivity index (χ3n) is 4.79. The highest BCUT2D eigenvalue weighted by Gasteiger charge is 2.51. The van der Waals surface area contributed by atoms with Gasteiger partial charge in [0.1, 0.15) is 24.1 Å². The summed E-state index contributed by atoms with van der Waals surface area (Å²) in [6.45, 7) is 0.249. The van der Waals surface area contributed by atoms with Gasteiger partial charge in [-0.2, -0.15) is 0 Å². The van der Waals surface area contributed by atoms with Crippen molar-refractivity contribution in [3.05, 3.63) is 66.2 Å². The van der Waals surface area contributed by atoms with Crippen LogP contribution in [-0.4, -0.2) is 54.8 Å². The van der Waals surface area contributed by atoms with Gasteiger partial charge in [0.05, 0.1) is 6.61 Å². The molecule has 2 fully saturated rings. The average Bonchev–Trinajstić information content (AvgIpc) is 2.76. The van der Waals surface area contributed by atoms with Crippen LogP contribution < -0.4 is 4.74 Å². The van der Waals surface area contributed by atoms with Crippen LogP contribution in [0.4, 0.5) is 0 Å². The summed E-state index contributed by atoms with van der Waals surface area (Å²) in [5.74, 6) is 0.530. The van der Waals surface area contributed by atoms with Crippen LogP contribution in [0, 0.1) is 0 Å². The molecule has 0 radical (unpaired) electrons. The minimum Gasteiger partial charge on any atom is -0.445 e. The zero-order chi connectivity index (χ0) is 20.2. The van der Waals surface area contributed by atoms with Crippen molar-refractivity contribution < 1.29 is 33.5 Å². The molecule has 0 amide bonds. The Hall–Kier alpha value is -2.07. The summed E-state index contributed by atoms with van der Waals surface area (Å²) < 4.78 is 34.2. The van der Waals surface area contributed by atoms with Gasteiger partial charge in [-0.3, -0.25) is 0 Å². The van der Waals surface area contributed by atoms with Crippen LogP contribution in [0.3, 0.4) is 0 Å². The Morgan fingerprint density at radius 1 is 1.03 bits per heavy atom. The molecule has 0 spiro atoms. The van der Waals surface area contributed by atoms with Crippen LogP contribution in [0.25, 0.3) is 0 Å². The number of ether oxygens (including phenoxy) is 6. The summed E-state index contributed by atoms with van der Waals surface area (Å²) in [7, 11) is 1.46. The van der Waals surface area contributed by atoms with Crippen LogP contribution in [0.15, 0.2) is 60.7 Å². The molecule has 2 aliphatic heterocycles. The molecule has 1 unspecified atom stereocenters. The number of hydrogen-bond acceptors (Lipinski definition) is 8. The van der Waals surface area contributed by atoms with Crippen molar-refractivity contribution in [3.63, 3.8) is 0 Å². The first-order valence-corrected chi connectivity index (χ1v) is 9.68. The largest absolute Gasteiger partial charge is 0.445 e. The van der Waals surface area contributed by atoms with Gasteiger partial charge in [0.15, 0.2) is 18.7 Å². The van der Waals surface area contributed by atoms with Crippen molar-refractivity contribution >= 4 is 17.5 Å². The maximum atomic E-state index is 11.0. The first kappa shape index (κ1) is 20.2. The topological polar surface area (TPSA) is 75.6 Å². The standard InChI is InChI=1S/C21H22O7S/c1-23-20-18(28-21(29)25-14-10-6-3-7-11-14)16(22)17-15(26-20)12-24-19(27-17)13-8-4-2-5-9-13/h2-11,15-20,22H,12H2,1H3/t15-,16+,17-,18-,19?,20-/m1/s1. The number of fused-ring (bicyclic) bond motifs is 1. The number of benzene rings is 2. The Kier molecular flexibility index (Phi) is 6.39. The summed E-state index contributed by atoms with van der Waals surface area (Å²) in [6.07, 6.45) is -4.63. The molecular formula is C21H22O7S. The Balaban J connectivity index is 1.45. The molecular weight excluding hydrogens is 396 g/mol. The molecule has 2 aromatic carbocycles. The molecule has 7 nitrogen and oxygen atoms in total. The van der Waals surface area contributed by atoms with E-state index in [0.29, 0.717) is 5.75 Å². The van der Waals surface area contributed by atoms with E-state index >= 15 is 0 Å². The highest BCUT2D eigenvalue weighted by molar-refractivity contribution is 7.79. The van der Waals surface area contributed by atoms with Gasteiger partial charge in [-0.15, -0.1) is 0 Å². The molecule has 0 aliphatic carbocycles. The minimum absolute atomic E-state index is 0.143. The lowest BCUT2D eigenvalue weighted by Gasteiger charge is -2.46. The van der Waals surface area contributed by atoms with Crippen LogP contribution in [0.5, 0.6) is 5.75 Å². The van der Waals surface area contributed by atoms with Gasteiger partial charge in [0, 0.05) is 24.9 Å². The molecule has 0 saturated carbocycles. The summed E-state index contributed by atoms with van der Waals surface area (Å²) in [4.78, 5) is 0. The first-order chi connectivity index (χ1) is 14.2. The molecule has 0 bridgehead atoms. The number of aliphatic hydroxyl groups is 1. The molecule has 1 N–H and O–H groups in total. The zero-order valence-corrected chi connectivity index (χ0v) is 16.6. The molecule has 2 heterocycles. The van der Waals surface area contributed by atoms with Gasteiger partial charge in [0.2, 0.25) is 0 Å². The fourth-order valence-electron chi connectivity index (χ4n) is 3.38. The lowest BCUT2D eigenvalue weighted by Crippen LogP contribution is -2.63. The summed E-state index contributed by atoms with van der Waals surface area (Å²) in [5, 5.41) is 10.8. The number of methoxy groups -OCH3 is 1. The predicted octanol–water partition coefficient (Wildman–Crippen LogP) is 2.58. The number of thiocarbonyl (C=S) groups is 1. The second kappa shape index (κ2) is 9.17. The SMILES string of the molecule is CO[C@@H]1O[C@@H]2COC(c3ccccc3)O[C@H]2[C@H](O)[C@H]1OC(=S)Oc1ccccc1. The maximum absolute atomic E-state index is 11.0. The lowest BCUT2D eigenvalue weighted by molar-refractivity contribution is -0.356. The van der Waals surface area contributed by atoms with E-state index in [1.54, 1.807) is 12.1 Å². The fourth-order valence-corrected chi connectivity index (χ4v) is 3.59. The highest BCUT2D eigenvalue weighted by atomic mass is 32.1. The monoisotopic (exact) mass is 418 g/mol. The minimum atomic E-state index is -1.06. The molecule has 2 aliphatic rings. The van der Waals surface area contributed by atoms with E-state index in [2.05, 4.69) is 0 Å². The normalized spacial score (nSPS) is 31.5. The first-order valence-electron chi connectivity index (χ1n) is 9.27. The van der Waals surface area contributed by atoms with Gasteiger partial charge < -0.3 is 33.5 Å². The Labute approximate surface area is 174 Å². The molecule has 2 saturated heterocycles. The average molecular weight is 418 g/mol. The van der Waals surface area contributed by atoms with Crippen LogP contribution in [-0.2, 0) is 23.7 Å². The summed E-state index contributed by atoms with van der Waals surface area (Å²) >= 11 is 5.18. The van der Waals surface area contributed by atoms with Crippen molar-refractivity contribution in [3.8, 4) is 5.75 Å². The van der Waals surface area contributed by atoms with E-state index in [0.717, 1.165) is 5.56 Å². The second-order valence-electron chi connectivity index (χ2n) is 6.69. The van der Waals surface area contributed by atoms with E-state index < -0.39 is 37.0 Å². The molecule has 29 heavy (non-hydrogen) atoms. The molecule has 6 atom stereocenters. The zero-order valence-electron chi connectivity index (χ0n) is 15.7. The lowest BCUT2D eigenvalue weighted by atomic mass is 9.97. The molecule has 2 aromatic rings. The number of hydrogen-bond donors (Lipinski definition) is 1. The Morgan fingerprint density at radius 2 is 1.72 bits per heavy atom. The van der Waals surface area contributed by atoms with Gasteiger partial charge >= 0.3 is 5.24 Å². The Morgan fingerprint density at radius 3 is 2.41 bits per heavy atom. The molecule has 0 aromatic heterocycles. The van der Waals surface area contributed by atoms with Crippen molar-refractivity contribution in [1.82, 2.24) is 0 Å². The van der Waals surface area contributed by atoms with Crippen molar-refractivity contribution in [2.75, 3.05) is 13.7 Å². The van der Waals surface area contributed by atoms with E-state index in [1.807, 2.05) is 48.5 Å². The van der Waals surface area contributed by atoms with Gasteiger partial charge in [-0.1, -0.05) is 48.5 Å². The van der Waals surface area contributed by atoms with Gasteiger partial charge in [-0.05, 0) is 12.1 Å². The number of rotatable bonds is 4. The van der Waals surface area contributed by atoms with E-state index in [9.17, 15) is 5.11 Å². The third kappa shape index (κ3) is 4.58. The number of para-hydroxylation sites is 1. The number of aliphatic hydroxyl groups excluding tert-OH is 1. The quantitative estimate of drug-likeness (QED) is 0.760. The van der Waals surface area contributed by atoms with Crippen LogP contribution in [0.2, 0.25) is 0 Å². The van der Waals surface area contributed by atoms with E-state index in [-0.39, 0.29) is 11.8 Å². The second-order valence-corrected chi connectivity index (χ2v) is 7.03. The predicted molar refractivity (Wildman–Crippen MR) is 106 cm³/mol. The van der Waals surface area contributed by atoms with Crippen molar-refractivity contribution in [2.24, 2.45) is 0 Å². The fraction of sp³-hybridized carbons (Fsp3) is 0.381. The smallest absolute Gasteiger partial charge is 0.358 e. The van der Waals surface area contributed by atoms with Crippen LogP contribution in [0.1, 0.15) is 11.9 Å². The summed E-state index contributed by atoms with van der Waals surface area (Å²) in [5.41, 5.74) is 0.854. The van der Waals surface area contributed by atoms with E-state index in [4.69, 9.17) is 40.6 Å². The third-order valence-corrected chi connectivity index (χ3v) is 4.97. The van der Waals surface area contributed by atoms with Gasteiger partial charge in [-0.25, -0.2) is 0 Å². The van der Waals surface area contributed by atoms with Crippen molar-refractivity contribution in [2.45, 2.75) is 37.0 Å². The van der Waals surface area contributed by atoms with Crippen LogP contribution >= 0.6 is 12.2 Å². The maximum Gasteiger partial charge on any atom is 0.358 e. The summed E-state index contributed by atoms with van der Waals surface area (Å²) in [6, 6.07) is 18.5. The molecule has 8 heteroatoms. The molecule has 154 valence electrons. The van der Waals surface area contributed by atoms with E-state index in [1.165, 1.54) is 7.11 Å². The van der Waals surface area contributed by atoms with Crippen molar-refractivity contribution in [1.29, 1.82) is 0 Å². The Bertz CT molecular complexity index is 803. The molecule has 4 rings (SSSR count). The van der Waals surface area contributed by atoms with Gasteiger partial charge in [0.25, 0.3) is 0 Å². The highest BCUT2D eigenvalue weighted by Crippen LogP contribution is 2.35.